The van der Waals surface area contributed by atoms with Crippen molar-refractivity contribution in [3.8, 4) is 5.88 Å². The van der Waals surface area contributed by atoms with Crippen LogP contribution in [0.15, 0.2) is 18.2 Å². The van der Waals surface area contributed by atoms with E-state index < -0.39 is 0 Å². The SMILES string of the molecule is CCCCCCCOc1cccc(CNCC)n1. The van der Waals surface area contributed by atoms with Crippen molar-refractivity contribution in [2.45, 2.75) is 52.5 Å². The van der Waals surface area contributed by atoms with Gasteiger partial charge in [0.05, 0.1) is 12.3 Å². The van der Waals surface area contributed by atoms with Gasteiger partial charge in [-0.3, -0.25) is 0 Å². The molecular formula is C15H26N2O. The van der Waals surface area contributed by atoms with Crippen molar-refractivity contribution in [3.63, 3.8) is 0 Å². The molecule has 0 spiro atoms. The maximum atomic E-state index is 5.67. The van der Waals surface area contributed by atoms with E-state index in [-0.39, 0.29) is 0 Å². The minimum Gasteiger partial charge on any atom is -0.478 e. The number of hydrogen-bond acceptors (Lipinski definition) is 3. The maximum absolute atomic E-state index is 5.67. The lowest BCUT2D eigenvalue weighted by Gasteiger charge is -2.07. The maximum Gasteiger partial charge on any atom is 0.213 e. The highest BCUT2D eigenvalue weighted by Gasteiger charge is 1.98. The van der Waals surface area contributed by atoms with Gasteiger partial charge in [0.2, 0.25) is 5.88 Å². The fourth-order valence-corrected chi connectivity index (χ4v) is 1.77. The van der Waals surface area contributed by atoms with Crippen molar-refractivity contribution in [2.75, 3.05) is 13.2 Å². The van der Waals surface area contributed by atoms with Gasteiger partial charge in [0.1, 0.15) is 0 Å². The van der Waals surface area contributed by atoms with Crippen LogP contribution in [-0.4, -0.2) is 18.1 Å². The second kappa shape index (κ2) is 9.89. The van der Waals surface area contributed by atoms with E-state index >= 15 is 0 Å². The van der Waals surface area contributed by atoms with E-state index in [1.165, 1.54) is 25.7 Å². The summed E-state index contributed by atoms with van der Waals surface area (Å²) in [4.78, 5) is 4.46. The molecule has 18 heavy (non-hydrogen) atoms. The summed E-state index contributed by atoms with van der Waals surface area (Å²) in [6, 6.07) is 5.96. The fraction of sp³-hybridized carbons (Fsp3) is 0.667. The zero-order chi connectivity index (χ0) is 13.1. The number of hydrogen-bond donors (Lipinski definition) is 1. The standard InChI is InChI=1S/C15H26N2O/c1-3-5-6-7-8-12-18-15-11-9-10-14(17-15)13-16-4-2/h9-11,16H,3-8,12-13H2,1-2H3. The van der Waals surface area contributed by atoms with Gasteiger partial charge in [0.25, 0.3) is 0 Å². The smallest absolute Gasteiger partial charge is 0.213 e. The van der Waals surface area contributed by atoms with Crippen molar-refractivity contribution in [1.82, 2.24) is 10.3 Å². The normalized spacial score (nSPS) is 10.6. The lowest BCUT2D eigenvalue weighted by molar-refractivity contribution is 0.292. The van der Waals surface area contributed by atoms with Crippen molar-refractivity contribution in [1.29, 1.82) is 0 Å². The Bertz CT molecular complexity index is 315. The molecule has 1 rings (SSSR count). The number of rotatable bonds is 10. The quantitative estimate of drug-likeness (QED) is 0.645. The molecule has 0 atom stereocenters. The molecule has 3 nitrogen and oxygen atoms in total. The second-order valence-corrected chi connectivity index (χ2v) is 4.51. The number of nitrogens with zero attached hydrogens (tertiary/aromatic N) is 1. The average molecular weight is 250 g/mol. The van der Waals surface area contributed by atoms with Gasteiger partial charge in [-0.25, -0.2) is 4.98 Å². The average Bonchev–Trinajstić information content (AvgIpc) is 2.41. The van der Waals surface area contributed by atoms with Crippen LogP contribution in [-0.2, 0) is 6.54 Å². The third kappa shape index (κ3) is 6.60. The number of nitrogens with one attached hydrogen (secondary N) is 1. The first-order valence-corrected chi connectivity index (χ1v) is 7.16. The molecule has 1 aromatic heterocycles. The Kier molecular flexibility index (Phi) is 8.23. The molecule has 0 aromatic carbocycles. The van der Waals surface area contributed by atoms with Gasteiger partial charge in [0, 0.05) is 12.6 Å². The molecule has 0 fully saturated rings. The zero-order valence-corrected chi connectivity index (χ0v) is 11.7. The Labute approximate surface area is 111 Å². The van der Waals surface area contributed by atoms with Crippen molar-refractivity contribution in [2.24, 2.45) is 0 Å². The van der Waals surface area contributed by atoms with Crippen LogP contribution in [0, 0.1) is 0 Å². The Hall–Kier alpha value is -1.09. The van der Waals surface area contributed by atoms with Crippen LogP contribution >= 0.6 is 0 Å². The first kappa shape index (κ1) is 15.0. The van der Waals surface area contributed by atoms with Crippen LogP contribution in [0.5, 0.6) is 5.88 Å². The first-order valence-electron chi connectivity index (χ1n) is 7.16. The van der Waals surface area contributed by atoms with E-state index in [0.717, 1.165) is 37.7 Å². The molecule has 0 bridgehead atoms. The summed E-state index contributed by atoms with van der Waals surface area (Å²) in [5.41, 5.74) is 1.04. The first-order chi connectivity index (χ1) is 8.86. The van der Waals surface area contributed by atoms with E-state index in [9.17, 15) is 0 Å². The molecule has 0 unspecified atom stereocenters. The molecule has 0 radical (unpaired) electrons. The Morgan fingerprint density at radius 3 is 2.72 bits per heavy atom. The van der Waals surface area contributed by atoms with Gasteiger partial charge in [0.15, 0.2) is 0 Å². The van der Waals surface area contributed by atoms with Gasteiger partial charge in [-0.15, -0.1) is 0 Å². The third-order valence-corrected chi connectivity index (χ3v) is 2.84. The molecule has 0 saturated carbocycles. The molecule has 0 amide bonds. The number of unbranched alkanes of at least 4 members (excludes halogenated alkanes) is 4. The van der Waals surface area contributed by atoms with Crippen LogP contribution in [0.1, 0.15) is 51.6 Å². The highest BCUT2D eigenvalue weighted by Crippen LogP contribution is 2.09. The Morgan fingerprint density at radius 2 is 1.94 bits per heavy atom. The summed E-state index contributed by atoms with van der Waals surface area (Å²) in [6.07, 6.45) is 6.31. The van der Waals surface area contributed by atoms with Crippen LogP contribution in [0.25, 0.3) is 0 Å². The van der Waals surface area contributed by atoms with Crippen molar-refractivity contribution < 1.29 is 4.74 Å². The largest absolute Gasteiger partial charge is 0.478 e. The predicted octanol–water partition coefficient (Wildman–Crippen LogP) is 3.54. The highest BCUT2D eigenvalue weighted by molar-refractivity contribution is 5.15. The minimum atomic E-state index is 0.751. The highest BCUT2D eigenvalue weighted by atomic mass is 16.5. The summed E-state index contributed by atoms with van der Waals surface area (Å²) < 4.78 is 5.67. The summed E-state index contributed by atoms with van der Waals surface area (Å²) in [5.74, 6) is 0.751. The molecular weight excluding hydrogens is 224 g/mol. The zero-order valence-electron chi connectivity index (χ0n) is 11.7. The van der Waals surface area contributed by atoms with Gasteiger partial charge >= 0.3 is 0 Å². The van der Waals surface area contributed by atoms with Crippen LogP contribution < -0.4 is 10.1 Å². The summed E-state index contributed by atoms with van der Waals surface area (Å²) in [6.45, 7) is 6.88. The van der Waals surface area contributed by atoms with Crippen LogP contribution in [0.3, 0.4) is 0 Å². The molecule has 1 N–H and O–H groups in total. The lowest BCUT2D eigenvalue weighted by Crippen LogP contribution is -2.13. The van der Waals surface area contributed by atoms with Gasteiger partial charge < -0.3 is 10.1 Å². The second-order valence-electron chi connectivity index (χ2n) is 4.51. The number of ether oxygens (including phenoxy) is 1. The molecule has 102 valence electrons. The lowest BCUT2D eigenvalue weighted by atomic mass is 10.2. The van der Waals surface area contributed by atoms with E-state index in [1.807, 2.05) is 18.2 Å². The third-order valence-electron chi connectivity index (χ3n) is 2.84. The molecule has 0 aliphatic heterocycles. The van der Waals surface area contributed by atoms with Gasteiger partial charge in [-0.05, 0) is 19.0 Å². The molecule has 3 heteroatoms. The predicted molar refractivity (Wildman–Crippen MR) is 75.9 cm³/mol. The Morgan fingerprint density at radius 1 is 1.11 bits per heavy atom. The molecule has 0 aliphatic carbocycles. The van der Waals surface area contributed by atoms with E-state index in [2.05, 4.69) is 24.1 Å². The number of aromatic nitrogens is 1. The minimum absolute atomic E-state index is 0.751. The van der Waals surface area contributed by atoms with Gasteiger partial charge in [-0.1, -0.05) is 45.6 Å². The van der Waals surface area contributed by atoms with Crippen LogP contribution in [0.2, 0.25) is 0 Å². The molecule has 1 aromatic rings. The summed E-state index contributed by atoms with van der Waals surface area (Å²) in [7, 11) is 0. The molecule has 0 aliphatic rings. The van der Waals surface area contributed by atoms with Gasteiger partial charge in [-0.2, -0.15) is 0 Å². The summed E-state index contributed by atoms with van der Waals surface area (Å²) >= 11 is 0. The van der Waals surface area contributed by atoms with Crippen LogP contribution in [0.4, 0.5) is 0 Å². The van der Waals surface area contributed by atoms with Crippen molar-refractivity contribution in [3.05, 3.63) is 23.9 Å². The topological polar surface area (TPSA) is 34.1 Å². The summed E-state index contributed by atoms with van der Waals surface area (Å²) in [5, 5.41) is 3.26. The van der Waals surface area contributed by atoms with E-state index in [4.69, 9.17) is 4.74 Å². The van der Waals surface area contributed by atoms with Crippen molar-refractivity contribution >= 4 is 0 Å². The monoisotopic (exact) mass is 250 g/mol. The molecule has 1 heterocycles. The van der Waals surface area contributed by atoms with E-state index in [0.29, 0.717) is 0 Å². The Balaban J connectivity index is 2.20. The van der Waals surface area contributed by atoms with E-state index in [1.54, 1.807) is 0 Å². The molecule has 0 saturated heterocycles. The fourth-order valence-electron chi connectivity index (χ4n) is 1.77. The number of pyridine rings is 1.